The Bertz CT molecular complexity index is 131. The molecule has 0 aromatic carbocycles. The maximum atomic E-state index is 7.45. The van der Waals surface area contributed by atoms with E-state index < -0.39 is 0 Å². The third-order valence-electron chi connectivity index (χ3n) is 1.66. The van der Waals surface area contributed by atoms with E-state index in [0.29, 0.717) is 5.92 Å². The van der Waals surface area contributed by atoms with Crippen LogP contribution in [0.1, 0.15) is 27.7 Å². The first-order chi connectivity index (χ1) is 4.46. The number of rotatable bonds is 3. The largest absolute Gasteiger partial charge is 0.309 e. The van der Waals surface area contributed by atoms with Crippen LogP contribution in [0, 0.1) is 17.2 Å². The number of hydrogen-bond acceptors (Lipinski definition) is 1. The zero-order chi connectivity index (χ0) is 8.31. The molecule has 1 unspecified atom stereocenters. The van der Waals surface area contributed by atoms with E-state index in [9.17, 15) is 0 Å². The van der Waals surface area contributed by atoms with Crippen LogP contribution in [0.4, 0.5) is 0 Å². The molecule has 0 amide bonds. The molecule has 0 rings (SSSR count). The van der Waals surface area contributed by atoms with E-state index in [-0.39, 0.29) is 5.92 Å². The second-order valence-corrected chi connectivity index (χ2v) is 3.25. The van der Waals surface area contributed by atoms with Crippen molar-refractivity contribution < 1.29 is 0 Å². The molecule has 1 atom stereocenters. The molecular formula is C9H17N. The van der Waals surface area contributed by atoms with E-state index in [1.807, 2.05) is 13.8 Å². The minimum Gasteiger partial charge on any atom is -0.309 e. The maximum absolute atomic E-state index is 7.45. The van der Waals surface area contributed by atoms with Crippen molar-refractivity contribution in [3.05, 3.63) is 12.2 Å². The molecule has 58 valence electrons. The molecule has 10 heavy (non-hydrogen) atoms. The molecule has 1 nitrogen and oxygen atoms in total. The Labute approximate surface area is 63.7 Å². The molecule has 0 aliphatic carbocycles. The van der Waals surface area contributed by atoms with Crippen molar-refractivity contribution in [1.29, 1.82) is 5.41 Å². The van der Waals surface area contributed by atoms with Gasteiger partial charge in [-0.3, -0.25) is 0 Å². The highest BCUT2D eigenvalue weighted by atomic mass is 14.4. The normalized spacial score (nSPS) is 13.3. The maximum Gasteiger partial charge on any atom is 0.0190 e. The van der Waals surface area contributed by atoms with Crippen LogP contribution in [-0.4, -0.2) is 5.71 Å². The molecule has 0 aromatic rings. The second-order valence-electron chi connectivity index (χ2n) is 3.25. The Morgan fingerprint density at radius 2 is 1.70 bits per heavy atom. The van der Waals surface area contributed by atoms with E-state index in [2.05, 4.69) is 20.4 Å². The van der Waals surface area contributed by atoms with Crippen LogP contribution in [0.15, 0.2) is 12.2 Å². The van der Waals surface area contributed by atoms with Crippen LogP contribution < -0.4 is 0 Å². The molecule has 0 bridgehead atoms. The first kappa shape index (κ1) is 9.41. The van der Waals surface area contributed by atoms with Crippen LogP contribution in [0.5, 0.6) is 0 Å². The fourth-order valence-corrected chi connectivity index (χ4v) is 1.44. The van der Waals surface area contributed by atoms with Gasteiger partial charge in [0, 0.05) is 11.6 Å². The summed E-state index contributed by atoms with van der Waals surface area (Å²) < 4.78 is 0. The van der Waals surface area contributed by atoms with Gasteiger partial charge in [0.1, 0.15) is 0 Å². The molecule has 0 aliphatic heterocycles. The zero-order valence-electron chi connectivity index (χ0n) is 7.36. The smallest absolute Gasteiger partial charge is 0.0190 e. The highest BCUT2D eigenvalue weighted by Gasteiger charge is 2.15. The lowest BCUT2D eigenvalue weighted by molar-refractivity contribution is 0.551. The first-order valence-corrected chi connectivity index (χ1v) is 3.67. The zero-order valence-corrected chi connectivity index (χ0v) is 7.36. The van der Waals surface area contributed by atoms with E-state index in [1.165, 1.54) is 0 Å². The summed E-state index contributed by atoms with van der Waals surface area (Å²) in [7, 11) is 0. The highest BCUT2D eigenvalue weighted by Crippen LogP contribution is 2.19. The molecule has 0 heterocycles. The molecule has 0 radical (unpaired) electrons. The van der Waals surface area contributed by atoms with Gasteiger partial charge in [-0.15, -0.1) is 0 Å². The molecule has 1 heteroatoms. The molecular weight excluding hydrogens is 122 g/mol. The van der Waals surface area contributed by atoms with Crippen molar-refractivity contribution in [2.75, 3.05) is 0 Å². The minimum atomic E-state index is 0.278. The van der Waals surface area contributed by atoms with Gasteiger partial charge in [-0.05, 0) is 19.8 Å². The summed E-state index contributed by atoms with van der Waals surface area (Å²) in [6.07, 6.45) is 0. The van der Waals surface area contributed by atoms with E-state index >= 15 is 0 Å². The Balaban J connectivity index is 4.27. The van der Waals surface area contributed by atoms with Gasteiger partial charge in [0.25, 0.3) is 0 Å². The summed E-state index contributed by atoms with van der Waals surface area (Å²) in [4.78, 5) is 0. The van der Waals surface area contributed by atoms with Crippen LogP contribution >= 0.6 is 0 Å². The van der Waals surface area contributed by atoms with Gasteiger partial charge in [0.15, 0.2) is 0 Å². The molecule has 0 saturated heterocycles. The van der Waals surface area contributed by atoms with Crippen molar-refractivity contribution >= 4 is 5.71 Å². The molecule has 0 aromatic heterocycles. The van der Waals surface area contributed by atoms with Crippen LogP contribution in [0.3, 0.4) is 0 Å². The van der Waals surface area contributed by atoms with E-state index in [0.717, 1.165) is 11.3 Å². The Kier molecular flexibility index (Phi) is 3.34. The number of hydrogen-bond donors (Lipinski definition) is 1. The van der Waals surface area contributed by atoms with Crippen LogP contribution in [-0.2, 0) is 0 Å². The van der Waals surface area contributed by atoms with Gasteiger partial charge >= 0.3 is 0 Å². The highest BCUT2D eigenvalue weighted by molar-refractivity contribution is 5.83. The predicted molar refractivity (Wildman–Crippen MR) is 46.5 cm³/mol. The van der Waals surface area contributed by atoms with Gasteiger partial charge in [-0.25, -0.2) is 0 Å². The van der Waals surface area contributed by atoms with E-state index in [1.54, 1.807) is 0 Å². The summed E-state index contributed by atoms with van der Waals surface area (Å²) in [5, 5.41) is 7.45. The number of allylic oxidation sites excluding steroid dienone is 1. The Morgan fingerprint density at radius 1 is 1.30 bits per heavy atom. The molecule has 0 aliphatic rings. The molecule has 0 saturated carbocycles. The van der Waals surface area contributed by atoms with Gasteiger partial charge in [0.2, 0.25) is 0 Å². The van der Waals surface area contributed by atoms with Crippen LogP contribution in [0.25, 0.3) is 0 Å². The topological polar surface area (TPSA) is 23.9 Å². The molecule has 1 N–H and O–H groups in total. The Morgan fingerprint density at radius 3 is 1.70 bits per heavy atom. The first-order valence-electron chi connectivity index (χ1n) is 3.67. The summed E-state index contributed by atoms with van der Waals surface area (Å²) in [6, 6.07) is 0. The average Bonchev–Trinajstić information content (AvgIpc) is 1.59. The fourth-order valence-electron chi connectivity index (χ4n) is 1.44. The number of nitrogens with one attached hydrogen (secondary N) is 1. The van der Waals surface area contributed by atoms with Crippen molar-refractivity contribution in [2.45, 2.75) is 27.7 Å². The monoisotopic (exact) mass is 139 g/mol. The third-order valence-corrected chi connectivity index (χ3v) is 1.66. The lowest BCUT2D eigenvalue weighted by Crippen LogP contribution is -2.17. The minimum absolute atomic E-state index is 0.278. The second kappa shape index (κ2) is 3.55. The summed E-state index contributed by atoms with van der Waals surface area (Å²) in [6.45, 7) is 11.9. The summed E-state index contributed by atoms with van der Waals surface area (Å²) >= 11 is 0. The van der Waals surface area contributed by atoms with Gasteiger partial charge in [-0.1, -0.05) is 26.0 Å². The third kappa shape index (κ3) is 2.34. The van der Waals surface area contributed by atoms with Gasteiger partial charge in [0.05, 0.1) is 0 Å². The SMILES string of the molecule is C=C(C)C(C(C)=N)C(C)C. The summed E-state index contributed by atoms with van der Waals surface area (Å²) in [5.74, 6) is 0.787. The van der Waals surface area contributed by atoms with Gasteiger partial charge in [-0.2, -0.15) is 0 Å². The standard InChI is InChI=1S/C9H17N/c1-6(2)9(7(3)4)8(5)10/h7,9-10H,1H2,2-5H3. The Hall–Kier alpha value is -0.590. The predicted octanol–water partition coefficient (Wildman–Crippen LogP) is 2.87. The van der Waals surface area contributed by atoms with Crippen LogP contribution in [0.2, 0.25) is 0 Å². The van der Waals surface area contributed by atoms with Crippen molar-refractivity contribution in [1.82, 2.24) is 0 Å². The van der Waals surface area contributed by atoms with Crippen molar-refractivity contribution in [3.63, 3.8) is 0 Å². The van der Waals surface area contributed by atoms with E-state index in [4.69, 9.17) is 5.41 Å². The van der Waals surface area contributed by atoms with Gasteiger partial charge < -0.3 is 5.41 Å². The summed E-state index contributed by atoms with van der Waals surface area (Å²) in [5.41, 5.74) is 1.82. The lowest BCUT2D eigenvalue weighted by atomic mass is 9.86. The lowest BCUT2D eigenvalue weighted by Gasteiger charge is -2.19. The fraction of sp³-hybridized carbons (Fsp3) is 0.667. The molecule has 0 fully saturated rings. The average molecular weight is 139 g/mol. The molecule has 0 spiro atoms. The van der Waals surface area contributed by atoms with Crippen molar-refractivity contribution in [3.8, 4) is 0 Å². The van der Waals surface area contributed by atoms with Crippen molar-refractivity contribution in [2.24, 2.45) is 11.8 Å². The quantitative estimate of drug-likeness (QED) is 0.459.